The van der Waals surface area contributed by atoms with E-state index in [4.69, 9.17) is 0 Å². The Morgan fingerprint density at radius 1 is 1.21 bits per heavy atom. The minimum Gasteiger partial charge on any atom is -0.393 e. The standard InChI is InChI=1S/C16H25NO2/c1-10-9-16-12-4-2-6-17(16)7-3-5-13(16)14(18)8-11(12)15(10)19/h10-14,18H,2-9H2,1H3/t10-,11-,12-,13-,14-,16-/m1/s1. The Bertz CT molecular complexity index is 408. The minimum absolute atomic E-state index is 0.149. The Labute approximate surface area is 115 Å². The first-order chi connectivity index (χ1) is 9.14. The number of aliphatic hydroxyl groups excluding tert-OH is 1. The number of hydrogen-bond donors (Lipinski definition) is 1. The summed E-state index contributed by atoms with van der Waals surface area (Å²) in [7, 11) is 0. The maximum atomic E-state index is 12.5. The third-order valence-electron chi connectivity index (χ3n) is 6.69. The first-order valence-corrected chi connectivity index (χ1v) is 8.11. The number of aliphatic hydroxyl groups is 1. The molecule has 3 heteroatoms. The van der Waals surface area contributed by atoms with Gasteiger partial charge >= 0.3 is 0 Å². The molecule has 19 heavy (non-hydrogen) atoms. The van der Waals surface area contributed by atoms with Gasteiger partial charge in [0.1, 0.15) is 5.78 Å². The molecule has 0 aromatic rings. The summed E-state index contributed by atoms with van der Waals surface area (Å²) in [6.07, 6.45) is 6.36. The number of rotatable bonds is 0. The molecule has 0 aromatic heterocycles. The lowest BCUT2D eigenvalue weighted by molar-refractivity contribution is -0.196. The van der Waals surface area contributed by atoms with Crippen LogP contribution in [0.1, 0.15) is 45.4 Å². The van der Waals surface area contributed by atoms with Crippen LogP contribution < -0.4 is 0 Å². The summed E-state index contributed by atoms with van der Waals surface area (Å²) in [5, 5.41) is 10.6. The van der Waals surface area contributed by atoms with E-state index < -0.39 is 0 Å². The second kappa shape index (κ2) is 4.05. The zero-order valence-electron chi connectivity index (χ0n) is 11.8. The van der Waals surface area contributed by atoms with Crippen molar-refractivity contribution in [2.75, 3.05) is 13.1 Å². The van der Waals surface area contributed by atoms with Crippen molar-refractivity contribution in [2.24, 2.45) is 23.7 Å². The summed E-state index contributed by atoms with van der Waals surface area (Å²) in [5.41, 5.74) is 0.173. The molecule has 6 atom stereocenters. The Balaban J connectivity index is 1.83. The van der Waals surface area contributed by atoms with E-state index in [1.165, 1.54) is 38.8 Å². The first-order valence-electron chi connectivity index (χ1n) is 8.11. The van der Waals surface area contributed by atoms with Crippen molar-refractivity contribution in [3.63, 3.8) is 0 Å². The van der Waals surface area contributed by atoms with E-state index in [2.05, 4.69) is 11.8 Å². The molecule has 1 N–H and O–H groups in total. The lowest BCUT2D eigenvalue weighted by atomic mass is 9.48. The fourth-order valence-electron chi connectivity index (χ4n) is 6.14. The van der Waals surface area contributed by atoms with Crippen LogP contribution in [0.4, 0.5) is 0 Å². The number of piperidine rings is 2. The second-order valence-corrected chi connectivity index (χ2v) is 7.39. The van der Waals surface area contributed by atoms with Crippen LogP contribution in [0.15, 0.2) is 0 Å². The normalized spacial score (nSPS) is 53.8. The molecule has 2 aliphatic heterocycles. The van der Waals surface area contributed by atoms with Crippen molar-refractivity contribution in [1.82, 2.24) is 4.90 Å². The summed E-state index contributed by atoms with van der Waals surface area (Å²) < 4.78 is 0. The minimum atomic E-state index is -0.237. The summed E-state index contributed by atoms with van der Waals surface area (Å²) in [5.74, 6) is 1.77. The van der Waals surface area contributed by atoms with E-state index >= 15 is 0 Å². The molecule has 1 spiro atoms. The van der Waals surface area contributed by atoms with Gasteiger partial charge in [0.25, 0.3) is 0 Å². The van der Waals surface area contributed by atoms with Gasteiger partial charge in [0.15, 0.2) is 0 Å². The zero-order chi connectivity index (χ0) is 13.2. The molecule has 0 unspecified atom stereocenters. The van der Waals surface area contributed by atoms with Crippen molar-refractivity contribution < 1.29 is 9.90 Å². The molecule has 2 aliphatic carbocycles. The molecule has 2 saturated heterocycles. The van der Waals surface area contributed by atoms with E-state index in [9.17, 15) is 9.90 Å². The van der Waals surface area contributed by atoms with Crippen LogP contribution in [0.5, 0.6) is 0 Å². The van der Waals surface area contributed by atoms with Crippen LogP contribution in [-0.2, 0) is 4.79 Å². The second-order valence-electron chi connectivity index (χ2n) is 7.39. The highest BCUT2D eigenvalue weighted by Crippen LogP contribution is 2.59. The third-order valence-corrected chi connectivity index (χ3v) is 6.69. The quantitative estimate of drug-likeness (QED) is 0.725. The van der Waals surface area contributed by atoms with Crippen molar-refractivity contribution in [1.29, 1.82) is 0 Å². The topological polar surface area (TPSA) is 40.5 Å². The van der Waals surface area contributed by atoms with E-state index in [0.29, 0.717) is 17.6 Å². The van der Waals surface area contributed by atoms with Gasteiger partial charge in [-0.2, -0.15) is 0 Å². The van der Waals surface area contributed by atoms with Crippen LogP contribution in [0, 0.1) is 23.7 Å². The van der Waals surface area contributed by atoms with Gasteiger partial charge in [-0.15, -0.1) is 0 Å². The van der Waals surface area contributed by atoms with Crippen LogP contribution >= 0.6 is 0 Å². The number of carbonyl (C=O) groups is 1. The summed E-state index contributed by atoms with van der Waals surface area (Å²) in [6.45, 7) is 4.50. The van der Waals surface area contributed by atoms with Gasteiger partial charge in [0.05, 0.1) is 6.10 Å². The number of Topliss-reactive ketones (excluding diaryl/α,β-unsaturated/α-hetero) is 1. The van der Waals surface area contributed by atoms with Crippen molar-refractivity contribution in [3.8, 4) is 0 Å². The summed E-state index contributed by atoms with van der Waals surface area (Å²) in [4.78, 5) is 15.2. The van der Waals surface area contributed by atoms with E-state index in [0.717, 1.165) is 12.8 Å². The first kappa shape index (κ1) is 12.3. The molecular formula is C16H25NO2. The highest BCUT2D eigenvalue weighted by atomic mass is 16.3. The van der Waals surface area contributed by atoms with Gasteiger partial charge in [0, 0.05) is 23.3 Å². The fraction of sp³-hybridized carbons (Fsp3) is 0.938. The molecule has 2 saturated carbocycles. The number of ketones is 1. The SMILES string of the molecule is C[C@@H]1C[C@@]23[C@@H]4CCCN2CCC[C@@H]3[C@@H](C[C@H]4O)C1=O. The van der Waals surface area contributed by atoms with Gasteiger partial charge in [-0.05, 0) is 57.5 Å². The van der Waals surface area contributed by atoms with Crippen molar-refractivity contribution >= 4 is 5.78 Å². The van der Waals surface area contributed by atoms with Crippen molar-refractivity contribution in [3.05, 3.63) is 0 Å². The predicted molar refractivity (Wildman–Crippen MR) is 72.7 cm³/mol. The Kier molecular flexibility index (Phi) is 2.63. The Morgan fingerprint density at radius 3 is 2.63 bits per heavy atom. The summed E-state index contributed by atoms with van der Waals surface area (Å²) in [6, 6.07) is 0. The van der Waals surface area contributed by atoms with Crippen LogP contribution in [0.25, 0.3) is 0 Å². The average Bonchev–Trinajstić information content (AvgIpc) is 2.40. The highest BCUT2D eigenvalue weighted by Gasteiger charge is 2.64. The molecule has 4 aliphatic rings. The Morgan fingerprint density at radius 2 is 1.89 bits per heavy atom. The summed E-state index contributed by atoms with van der Waals surface area (Å²) >= 11 is 0. The van der Waals surface area contributed by atoms with Gasteiger partial charge < -0.3 is 5.11 Å². The molecule has 0 amide bonds. The number of carbonyl (C=O) groups excluding carboxylic acids is 1. The molecule has 4 rings (SSSR count). The van der Waals surface area contributed by atoms with Crippen LogP contribution in [-0.4, -0.2) is 40.5 Å². The molecule has 2 heterocycles. The monoisotopic (exact) mass is 263 g/mol. The van der Waals surface area contributed by atoms with Gasteiger partial charge in [-0.1, -0.05) is 6.92 Å². The van der Waals surface area contributed by atoms with Gasteiger partial charge in [0.2, 0.25) is 0 Å². The predicted octanol–water partition coefficient (Wildman–Crippen LogP) is 1.84. The van der Waals surface area contributed by atoms with Crippen molar-refractivity contribution in [2.45, 2.75) is 57.1 Å². The zero-order valence-corrected chi connectivity index (χ0v) is 11.8. The third kappa shape index (κ3) is 1.43. The molecule has 2 bridgehead atoms. The number of hydrogen-bond acceptors (Lipinski definition) is 3. The molecule has 3 nitrogen and oxygen atoms in total. The van der Waals surface area contributed by atoms with E-state index in [1.54, 1.807) is 0 Å². The van der Waals surface area contributed by atoms with Gasteiger partial charge in [-0.3, -0.25) is 9.69 Å². The molecule has 106 valence electrons. The van der Waals surface area contributed by atoms with E-state index in [-0.39, 0.29) is 23.5 Å². The molecule has 0 radical (unpaired) electrons. The maximum Gasteiger partial charge on any atom is 0.139 e. The molecular weight excluding hydrogens is 238 g/mol. The molecule has 4 fully saturated rings. The average molecular weight is 263 g/mol. The van der Waals surface area contributed by atoms with Crippen LogP contribution in [0.2, 0.25) is 0 Å². The van der Waals surface area contributed by atoms with Crippen LogP contribution in [0.3, 0.4) is 0 Å². The smallest absolute Gasteiger partial charge is 0.139 e. The fourth-order valence-corrected chi connectivity index (χ4v) is 6.14. The maximum absolute atomic E-state index is 12.5. The lowest BCUT2D eigenvalue weighted by Gasteiger charge is -2.67. The largest absolute Gasteiger partial charge is 0.393 e. The van der Waals surface area contributed by atoms with E-state index in [1.807, 2.05) is 0 Å². The highest BCUT2D eigenvalue weighted by molar-refractivity contribution is 5.85. The van der Waals surface area contributed by atoms with Gasteiger partial charge in [-0.25, -0.2) is 0 Å². The molecule has 0 aromatic carbocycles. The lowest BCUT2D eigenvalue weighted by Crippen LogP contribution is -2.73. The Hall–Kier alpha value is -0.410. The number of nitrogens with zero attached hydrogens (tertiary/aromatic N) is 1.